The molecule has 0 saturated carbocycles. The maximum absolute atomic E-state index is 11.0. The van der Waals surface area contributed by atoms with Crippen LogP contribution in [0, 0.1) is 0 Å². The molecule has 0 N–H and O–H groups in total. The number of carbonyl (C=O) groups is 1. The van der Waals surface area contributed by atoms with Crippen molar-refractivity contribution in [2.24, 2.45) is 9.98 Å². The average molecular weight is 264 g/mol. The molecule has 0 bridgehead atoms. The summed E-state index contributed by atoms with van der Waals surface area (Å²) in [5.74, 6) is 0.738. The fraction of sp³-hybridized carbons (Fsp3) is 0.0625. The molecule has 4 heteroatoms. The van der Waals surface area contributed by atoms with E-state index in [0.717, 1.165) is 16.9 Å². The van der Waals surface area contributed by atoms with E-state index in [9.17, 15) is 4.79 Å². The Labute approximate surface area is 116 Å². The van der Waals surface area contributed by atoms with E-state index >= 15 is 0 Å². The fourth-order valence-corrected chi connectivity index (χ4v) is 1.90. The van der Waals surface area contributed by atoms with Crippen LogP contribution in [-0.2, 0) is 6.61 Å². The van der Waals surface area contributed by atoms with Crippen molar-refractivity contribution in [2.75, 3.05) is 0 Å². The second-order valence-corrected chi connectivity index (χ2v) is 4.34. The summed E-state index contributed by atoms with van der Waals surface area (Å²) in [5.41, 5.74) is 2.50. The van der Waals surface area contributed by atoms with Gasteiger partial charge in [-0.25, -0.2) is 4.79 Å². The van der Waals surface area contributed by atoms with Gasteiger partial charge in [-0.05, 0) is 17.7 Å². The van der Waals surface area contributed by atoms with Crippen LogP contribution in [0.4, 0.5) is 4.79 Å². The first kappa shape index (κ1) is 12.3. The van der Waals surface area contributed by atoms with Crippen LogP contribution in [0.3, 0.4) is 0 Å². The molecule has 0 aliphatic carbocycles. The van der Waals surface area contributed by atoms with Crippen molar-refractivity contribution in [3.63, 3.8) is 0 Å². The summed E-state index contributed by atoms with van der Waals surface area (Å²) in [6.07, 6.45) is 1.47. The number of amides is 2. The van der Waals surface area contributed by atoms with Crippen molar-refractivity contribution in [3.8, 4) is 5.75 Å². The van der Waals surface area contributed by atoms with Gasteiger partial charge in [0.2, 0.25) is 0 Å². The van der Waals surface area contributed by atoms with Crippen LogP contribution in [0.25, 0.3) is 0 Å². The molecule has 2 aromatic rings. The lowest BCUT2D eigenvalue weighted by molar-refractivity contribution is 0.257. The molecule has 0 radical (unpaired) electrons. The molecule has 3 rings (SSSR count). The topological polar surface area (TPSA) is 51.0 Å². The molecule has 1 aliphatic rings. The molecule has 2 aromatic carbocycles. The highest BCUT2D eigenvalue weighted by Crippen LogP contribution is 2.16. The van der Waals surface area contributed by atoms with Gasteiger partial charge in [-0.2, -0.15) is 9.98 Å². The predicted molar refractivity (Wildman–Crippen MR) is 77.6 cm³/mol. The molecule has 0 fully saturated rings. The Balaban J connectivity index is 1.74. The number of urea groups is 1. The lowest BCUT2D eigenvalue weighted by atomic mass is 10.1. The molecule has 2 amide bonds. The van der Waals surface area contributed by atoms with E-state index in [2.05, 4.69) is 9.98 Å². The number of hydrogen-bond donors (Lipinski definition) is 0. The van der Waals surface area contributed by atoms with E-state index in [1.165, 1.54) is 6.21 Å². The quantitative estimate of drug-likeness (QED) is 0.851. The van der Waals surface area contributed by atoms with Gasteiger partial charge < -0.3 is 4.74 Å². The van der Waals surface area contributed by atoms with E-state index in [1.54, 1.807) is 0 Å². The highest BCUT2D eigenvalue weighted by Gasteiger charge is 2.10. The second kappa shape index (κ2) is 5.48. The molecule has 1 heterocycles. The monoisotopic (exact) mass is 264 g/mol. The lowest BCUT2D eigenvalue weighted by Crippen LogP contribution is -2.01. The van der Waals surface area contributed by atoms with Crippen molar-refractivity contribution in [2.45, 2.75) is 6.61 Å². The van der Waals surface area contributed by atoms with E-state index in [0.29, 0.717) is 12.3 Å². The Morgan fingerprint density at radius 1 is 1.00 bits per heavy atom. The van der Waals surface area contributed by atoms with Gasteiger partial charge >= 0.3 is 6.03 Å². The molecule has 20 heavy (non-hydrogen) atoms. The molecule has 0 unspecified atom stereocenters. The number of benzene rings is 2. The Kier molecular flexibility index (Phi) is 3.37. The molecule has 4 nitrogen and oxygen atoms in total. The fourth-order valence-electron chi connectivity index (χ4n) is 1.90. The Morgan fingerprint density at radius 2 is 1.85 bits per heavy atom. The van der Waals surface area contributed by atoms with Gasteiger partial charge in [0.05, 0.1) is 11.9 Å². The molecule has 0 aromatic heterocycles. The third-order valence-corrected chi connectivity index (χ3v) is 2.89. The van der Waals surface area contributed by atoms with Gasteiger partial charge in [0.1, 0.15) is 12.4 Å². The first-order valence-electron chi connectivity index (χ1n) is 6.25. The first-order chi connectivity index (χ1) is 9.81. The van der Waals surface area contributed by atoms with Crippen molar-refractivity contribution in [1.82, 2.24) is 0 Å². The third-order valence-electron chi connectivity index (χ3n) is 2.89. The zero-order valence-electron chi connectivity index (χ0n) is 10.7. The SMILES string of the molecule is O=C1N=CC(c2cccc(OCc3ccccc3)c2)=N1. The minimum atomic E-state index is -0.462. The van der Waals surface area contributed by atoms with Crippen molar-refractivity contribution in [1.29, 1.82) is 0 Å². The lowest BCUT2D eigenvalue weighted by Gasteiger charge is -2.07. The smallest absolute Gasteiger partial charge is 0.367 e. The zero-order chi connectivity index (χ0) is 13.8. The van der Waals surface area contributed by atoms with Gasteiger partial charge in [-0.3, -0.25) is 0 Å². The van der Waals surface area contributed by atoms with E-state index in [-0.39, 0.29) is 0 Å². The van der Waals surface area contributed by atoms with Crippen molar-refractivity contribution < 1.29 is 9.53 Å². The van der Waals surface area contributed by atoms with Crippen LogP contribution in [-0.4, -0.2) is 18.0 Å². The molecule has 0 atom stereocenters. The number of rotatable bonds is 4. The zero-order valence-corrected chi connectivity index (χ0v) is 10.7. The maximum Gasteiger partial charge on any atom is 0.367 e. The Morgan fingerprint density at radius 3 is 2.60 bits per heavy atom. The van der Waals surface area contributed by atoms with E-state index in [1.807, 2.05) is 54.6 Å². The number of aliphatic imine (C=N–C) groups is 2. The largest absolute Gasteiger partial charge is 0.489 e. The maximum atomic E-state index is 11.0. The number of carbonyl (C=O) groups excluding carboxylic acids is 1. The summed E-state index contributed by atoms with van der Waals surface area (Å²) < 4.78 is 5.73. The molecule has 98 valence electrons. The highest BCUT2D eigenvalue weighted by molar-refractivity contribution is 6.43. The van der Waals surface area contributed by atoms with Crippen LogP contribution >= 0.6 is 0 Å². The van der Waals surface area contributed by atoms with Gasteiger partial charge in [-0.15, -0.1) is 0 Å². The number of nitrogens with zero attached hydrogens (tertiary/aromatic N) is 2. The van der Waals surface area contributed by atoms with Gasteiger partial charge in [-0.1, -0.05) is 42.5 Å². The van der Waals surface area contributed by atoms with E-state index in [4.69, 9.17) is 4.74 Å². The molecule has 1 aliphatic heterocycles. The van der Waals surface area contributed by atoms with Crippen LogP contribution in [0.5, 0.6) is 5.75 Å². The molecule has 0 spiro atoms. The minimum Gasteiger partial charge on any atom is -0.489 e. The Bertz CT molecular complexity index is 691. The van der Waals surface area contributed by atoms with Gasteiger partial charge in [0.15, 0.2) is 0 Å². The molecular weight excluding hydrogens is 252 g/mol. The summed E-state index contributed by atoms with van der Waals surface area (Å²) >= 11 is 0. The average Bonchev–Trinajstić information content (AvgIpc) is 2.93. The normalized spacial score (nSPS) is 13.4. The highest BCUT2D eigenvalue weighted by atomic mass is 16.5. The van der Waals surface area contributed by atoms with Gasteiger partial charge in [0, 0.05) is 5.56 Å². The number of hydrogen-bond acceptors (Lipinski definition) is 2. The summed E-state index contributed by atoms with van der Waals surface area (Å²) in [6.45, 7) is 0.504. The molecule has 0 saturated heterocycles. The summed E-state index contributed by atoms with van der Waals surface area (Å²) in [4.78, 5) is 18.4. The summed E-state index contributed by atoms with van der Waals surface area (Å²) in [6, 6.07) is 17.0. The predicted octanol–water partition coefficient (Wildman–Crippen LogP) is 3.26. The third kappa shape index (κ3) is 2.80. The van der Waals surface area contributed by atoms with Crippen molar-refractivity contribution in [3.05, 3.63) is 65.7 Å². The van der Waals surface area contributed by atoms with Crippen LogP contribution in [0.15, 0.2) is 64.6 Å². The van der Waals surface area contributed by atoms with Crippen LogP contribution in [0.2, 0.25) is 0 Å². The van der Waals surface area contributed by atoms with E-state index < -0.39 is 6.03 Å². The number of ether oxygens (including phenoxy) is 1. The van der Waals surface area contributed by atoms with Gasteiger partial charge in [0.25, 0.3) is 0 Å². The van der Waals surface area contributed by atoms with Crippen molar-refractivity contribution >= 4 is 18.0 Å². The standard InChI is InChI=1S/C16H12N2O2/c19-16-17-10-15(18-16)13-7-4-8-14(9-13)20-11-12-5-2-1-3-6-12/h1-10H,11H2. The Hall–Kier alpha value is -2.75. The summed E-state index contributed by atoms with van der Waals surface area (Å²) in [7, 11) is 0. The molecular formula is C16H12N2O2. The van der Waals surface area contributed by atoms with Crippen LogP contribution in [0.1, 0.15) is 11.1 Å². The summed E-state index contributed by atoms with van der Waals surface area (Å²) in [5, 5.41) is 0. The first-order valence-corrected chi connectivity index (χ1v) is 6.25. The second-order valence-electron chi connectivity index (χ2n) is 4.34. The minimum absolute atomic E-state index is 0.462. The van der Waals surface area contributed by atoms with Crippen LogP contribution < -0.4 is 4.74 Å².